The molecule has 2 heterocycles. The van der Waals surface area contributed by atoms with Gasteiger partial charge in [-0.05, 0) is 18.1 Å². The third-order valence-electron chi connectivity index (χ3n) is 3.46. The summed E-state index contributed by atoms with van der Waals surface area (Å²) in [5.74, 6) is 0. The van der Waals surface area contributed by atoms with Crippen molar-refractivity contribution < 1.29 is 0 Å². The summed E-state index contributed by atoms with van der Waals surface area (Å²) in [5.41, 5.74) is 6.31. The second kappa shape index (κ2) is 4.86. The van der Waals surface area contributed by atoms with Gasteiger partial charge in [0, 0.05) is 29.9 Å². The fourth-order valence-electron chi connectivity index (χ4n) is 2.47. The van der Waals surface area contributed by atoms with E-state index >= 15 is 0 Å². The summed E-state index contributed by atoms with van der Waals surface area (Å²) in [6.07, 6.45) is 2.24. The van der Waals surface area contributed by atoms with Crippen molar-refractivity contribution >= 4 is 17.4 Å². The maximum absolute atomic E-state index is 12.1. The van der Waals surface area contributed by atoms with Crippen molar-refractivity contribution in [1.29, 1.82) is 0 Å². The lowest BCUT2D eigenvalue weighted by Gasteiger charge is -2.12. The molecule has 20 heavy (non-hydrogen) atoms. The average molecular weight is 289 g/mol. The van der Waals surface area contributed by atoms with Gasteiger partial charge in [0.15, 0.2) is 0 Å². The number of anilines is 1. The molecule has 1 aromatic carbocycles. The fourth-order valence-corrected chi connectivity index (χ4v) is 3.78. The molecule has 0 radical (unpaired) electrons. The van der Waals surface area contributed by atoms with Crippen LogP contribution in [0.15, 0.2) is 44.9 Å². The Bertz CT molecular complexity index is 719. The van der Waals surface area contributed by atoms with Gasteiger partial charge in [-0.3, -0.25) is 9.36 Å². The second-order valence-corrected chi connectivity index (χ2v) is 6.29. The molecule has 1 aliphatic heterocycles. The Morgan fingerprint density at radius 1 is 1.35 bits per heavy atom. The van der Waals surface area contributed by atoms with Gasteiger partial charge in [0.1, 0.15) is 5.69 Å². The van der Waals surface area contributed by atoms with E-state index in [2.05, 4.69) is 12.1 Å². The van der Waals surface area contributed by atoms with Crippen LogP contribution in [0.3, 0.4) is 0 Å². The van der Waals surface area contributed by atoms with E-state index in [-0.39, 0.29) is 16.6 Å². The minimum Gasteiger partial charge on any atom is -0.393 e. The molecule has 3 rings (SSSR count). The van der Waals surface area contributed by atoms with Crippen LogP contribution in [0.5, 0.6) is 0 Å². The van der Waals surface area contributed by atoms with E-state index in [4.69, 9.17) is 5.73 Å². The van der Waals surface area contributed by atoms with E-state index in [1.54, 1.807) is 18.8 Å². The van der Waals surface area contributed by atoms with E-state index in [9.17, 15) is 9.59 Å². The number of hydrogen-bond acceptors (Lipinski definition) is 4. The molecule has 2 N–H and O–H groups in total. The highest BCUT2D eigenvalue weighted by molar-refractivity contribution is 8.00. The number of aromatic nitrogens is 2. The molecule has 5 nitrogen and oxygen atoms in total. The van der Waals surface area contributed by atoms with Crippen LogP contribution in [-0.4, -0.2) is 14.4 Å². The molecule has 0 saturated carbocycles. The molecule has 0 amide bonds. The number of fused-ring (bicyclic) bond motifs is 1. The number of hydrogen-bond donors (Lipinski definition) is 1. The Hall–Kier alpha value is -1.95. The van der Waals surface area contributed by atoms with E-state index in [0.717, 1.165) is 6.42 Å². The summed E-state index contributed by atoms with van der Waals surface area (Å²) in [6.45, 7) is 0.385. The molecule has 0 fully saturated rings. The average Bonchev–Trinajstić information content (AvgIpc) is 2.84. The van der Waals surface area contributed by atoms with Crippen LogP contribution in [0.4, 0.5) is 5.69 Å². The summed E-state index contributed by atoms with van der Waals surface area (Å²) >= 11 is 1.71. The number of thioether (sulfide) groups is 1. The van der Waals surface area contributed by atoms with Gasteiger partial charge in [-0.1, -0.05) is 18.2 Å². The van der Waals surface area contributed by atoms with E-state index < -0.39 is 5.56 Å². The lowest BCUT2D eigenvalue weighted by Crippen LogP contribution is -2.41. The molecule has 0 aliphatic carbocycles. The van der Waals surface area contributed by atoms with Gasteiger partial charge in [0.25, 0.3) is 5.56 Å². The topological polar surface area (TPSA) is 70.0 Å². The first-order chi connectivity index (χ1) is 9.56. The standard InChI is InChI=1S/C14H15N3O2S/c1-16-8-11(15)13(18)17(14(16)19)7-10-6-9-4-2-3-5-12(9)20-10/h2-5,8,10H,6-7,15H2,1H3. The molecule has 1 aromatic heterocycles. The van der Waals surface area contributed by atoms with Crippen molar-refractivity contribution in [2.24, 2.45) is 7.05 Å². The smallest absolute Gasteiger partial charge is 0.330 e. The van der Waals surface area contributed by atoms with Gasteiger partial charge < -0.3 is 10.3 Å². The minimum atomic E-state index is -0.398. The van der Waals surface area contributed by atoms with Crippen molar-refractivity contribution in [2.45, 2.75) is 23.1 Å². The Morgan fingerprint density at radius 2 is 2.10 bits per heavy atom. The van der Waals surface area contributed by atoms with E-state index in [1.807, 2.05) is 12.1 Å². The molecule has 1 atom stereocenters. The fraction of sp³-hybridized carbons (Fsp3) is 0.286. The molecule has 104 valence electrons. The maximum atomic E-state index is 12.1. The zero-order valence-corrected chi connectivity index (χ0v) is 11.9. The van der Waals surface area contributed by atoms with Crippen LogP contribution in [-0.2, 0) is 20.0 Å². The zero-order chi connectivity index (χ0) is 14.3. The highest BCUT2D eigenvalue weighted by atomic mass is 32.2. The van der Waals surface area contributed by atoms with Gasteiger partial charge in [-0.2, -0.15) is 0 Å². The lowest BCUT2D eigenvalue weighted by atomic mass is 10.1. The van der Waals surface area contributed by atoms with Crippen molar-refractivity contribution in [3.63, 3.8) is 0 Å². The Kier molecular flexibility index (Phi) is 3.17. The van der Waals surface area contributed by atoms with Gasteiger partial charge in [0.2, 0.25) is 0 Å². The minimum absolute atomic E-state index is 0.104. The summed E-state index contributed by atoms with van der Waals surface area (Å²) in [7, 11) is 1.60. The van der Waals surface area contributed by atoms with Gasteiger partial charge >= 0.3 is 5.69 Å². The van der Waals surface area contributed by atoms with Crippen molar-refractivity contribution in [2.75, 3.05) is 5.73 Å². The normalized spacial score (nSPS) is 17.1. The summed E-state index contributed by atoms with van der Waals surface area (Å²) in [4.78, 5) is 25.3. The number of aryl methyl sites for hydroxylation is 1. The third kappa shape index (κ3) is 2.16. The van der Waals surface area contributed by atoms with Crippen LogP contribution >= 0.6 is 11.8 Å². The quantitative estimate of drug-likeness (QED) is 0.889. The van der Waals surface area contributed by atoms with Gasteiger partial charge in [-0.25, -0.2) is 4.79 Å². The van der Waals surface area contributed by atoms with E-state index in [0.29, 0.717) is 6.54 Å². The van der Waals surface area contributed by atoms with Gasteiger partial charge in [-0.15, -0.1) is 11.8 Å². The molecule has 0 saturated heterocycles. The Morgan fingerprint density at radius 3 is 2.85 bits per heavy atom. The van der Waals surface area contributed by atoms with Crippen LogP contribution in [0, 0.1) is 0 Å². The first-order valence-electron chi connectivity index (χ1n) is 6.37. The summed E-state index contributed by atoms with van der Waals surface area (Å²) in [5, 5.41) is 0.194. The largest absolute Gasteiger partial charge is 0.393 e. The molecule has 6 heteroatoms. The van der Waals surface area contributed by atoms with Crippen molar-refractivity contribution in [1.82, 2.24) is 9.13 Å². The maximum Gasteiger partial charge on any atom is 0.330 e. The molecular formula is C14H15N3O2S. The molecular weight excluding hydrogens is 274 g/mol. The predicted molar refractivity (Wildman–Crippen MR) is 80.1 cm³/mol. The lowest BCUT2D eigenvalue weighted by molar-refractivity contribution is 0.578. The summed E-state index contributed by atoms with van der Waals surface area (Å²) < 4.78 is 2.59. The number of rotatable bonds is 2. The predicted octanol–water partition coefficient (Wildman–Crippen LogP) is 0.846. The van der Waals surface area contributed by atoms with Crippen LogP contribution in [0.2, 0.25) is 0 Å². The number of benzene rings is 1. The zero-order valence-electron chi connectivity index (χ0n) is 11.1. The second-order valence-electron chi connectivity index (χ2n) is 4.95. The molecule has 1 unspecified atom stereocenters. The molecule has 2 aromatic rings. The number of nitrogens with zero attached hydrogens (tertiary/aromatic N) is 2. The molecule has 1 aliphatic rings. The van der Waals surface area contributed by atoms with Crippen LogP contribution < -0.4 is 17.0 Å². The van der Waals surface area contributed by atoms with Gasteiger partial charge in [0.05, 0.1) is 0 Å². The van der Waals surface area contributed by atoms with Crippen molar-refractivity contribution in [3.05, 3.63) is 56.9 Å². The Labute approximate surface area is 120 Å². The van der Waals surface area contributed by atoms with Crippen LogP contribution in [0.1, 0.15) is 5.56 Å². The third-order valence-corrected chi connectivity index (χ3v) is 4.76. The van der Waals surface area contributed by atoms with E-state index in [1.165, 1.54) is 25.8 Å². The molecule has 0 spiro atoms. The molecule has 0 bridgehead atoms. The monoisotopic (exact) mass is 289 g/mol. The highest BCUT2D eigenvalue weighted by Crippen LogP contribution is 2.37. The SMILES string of the molecule is Cn1cc(N)c(=O)n(CC2Cc3ccccc3S2)c1=O. The van der Waals surface area contributed by atoms with Crippen LogP contribution in [0.25, 0.3) is 0 Å². The van der Waals surface area contributed by atoms with Crippen molar-refractivity contribution in [3.8, 4) is 0 Å². The Balaban J connectivity index is 1.92. The first-order valence-corrected chi connectivity index (χ1v) is 7.24. The summed E-state index contributed by atoms with van der Waals surface area (Å²) in [6, 6.07) is 8.16. The number of nitrogens with two attached hydrogens (primary N) is 1. The number of nitrogen functional groups attached to an aromatic ring is 1. The highest BCUT2D eigenvalue weighted by Gasteiger charge is 2.23. The first kappa shape index (κ1) is 13.1.